The molecule has 2 N–H and O–H groups in total. The summed E-state index contributed by atoms with van der Waals surface area (Å²) in [5.41, 5.74) is -1.95. The second-order valence-electron chi connectivity index (χ2n) is 2.52. The first-order chi connectivity index (χ1) is 6.60. The average Bonchev–Trinajstić information content (AvgIpc) is 2.16. The van der Waals surface area contributed by atoms with Gasteiger partial charge in [0.15, 0.2) is 0 Å². The fourth-order valence-electron chi connectivity index (χ4n) is 0.973. The van der Waals surface area contributed by atoms with Crippen LogP contribution in [0.5, 0.6) is 0 Å². The zero-order chi connectivity index (χ0) is 10.7. The monoisotopic (exact) mass is 200 g/mol. The van der Waals surface area contributed by atoms with Crippen LogP contribution in [-0.4, -0.2) is 10.1 Å². The normalized spacial score (nSPS) is 10.2. The van der Waals surface area contributed by atoms with Gasteiger partial charge in [0.1, 0.15) is 11.8 Å². The molecule has 4 nitrogen and oxygen atoms in total. The van der Waals surface area contributed by atoms with Gasteiger partial charge in [0.25, 0.3) is 12.0 Å². The fraction of sp³-hybridized carbons (Fsp3) is 0.250. The molecule has 0 aliphatic carbocycles. The molecule has 0 bridgehead atoms. The first-order valence-electron chi connectivity index (χ1n) is 3.65. The maximum Gasteiger partial charge on any atom is 0.266 e. The van der Waals surface area contributed by atoms with Gasteiger partial charge in [-0.1, -0.05) is 0 Å². The van der Waals surface area contributed by atoms with Crippen LogP contribution < -0.4 is 5.56 Å². The highest BCUT2D eigenvalue weighted by molar-refractivity contribution is 5.34. The van der Waals surface area contributed by atoms with Crippen molar-refractivity contribution >= 4 is 0 Å². The summed E-state index contributed by atoms with van der Waals surface area (Å²) in [6.45, 7) is -0.638. The Kier molecular flexibility index (Phi) is 2.94. The number of nitrogens with one attached hydrogen (secondary N) is 1. The lowest BCUT2D eigenvalue weighted by Crippen LogP contribution is -2.15. The Hall–Kier alpha value is -1.74. The molecule has 6 heteroatoms. The van der Waals surface area contributed by atoms with E-state index in [4.69, 9.17) is 10.4 Å². The third-order valence-electron chi connectivity index (χ3n) is 1.67. The van der Waals surface area contributed by atoms with Crippen LogP contribution in [0.25, 0.3) is 0 Å². The molecule has 0 saturated carbocycles. The zero-order valence-corrected chi connectivity index (χ0v) is 6.92. The first-order valence-corrected chi connectivity index (χ1v) is 3.65. The molecule has 1 aromatic heterocycles. The highest BCUT2D eigenvalue weighted by Gasteiger charge is 2.15. The highest BCUT2D eigenvalue weighted by atomic mass is 19.3. The molecule has 0 unspecified atom stereocenters. The van der Waals surface area contributed by atoms with Gasteiger partial charge < -0.3 is 10.1 Å². The quantitative estimate of drug-likeness (QED) is 0.736. The Bertz CT molecular complexity index is 434. The van der Waals surface area contributed by atoms with E-state index in [1.165, 1.54) is 6.07 Å². The molecule has 1 heterocycles. The van der Waals surface area contributed by atoms with Crippen LogP contribution in [0.3, 0.4) is 0 Å². The third-order valence-corrected chi connectivity index (χ3v) is 1.67. The van der Waals surface area contributed by atoms with Crippen LogP contribution in [0.1, 0.15) is 23.2 Å². The lowest BCUT2D eigenvalue weighted by Gasteiger charge is -2.03. The van der Waals surface area contributed by atoms with E-state index in [2.05, 4.69) is 0 Å². The van der Waals surface area contributed by atoms with Crippen molar-refractivity contribution in [3.05, 3.63) is 33.2 Å². The standard InChI is InChI=1S/C8H6F2N2O2/c9-7(10)5-1-4(3-13)8(14)12-6(5)2-11/h1,7,13H,3H2,(H,12,14). The van der Waals surface area contributed by atoms with Crippen LogP contribution in [-0.2, 0) is 6.61 Å². The summed E-state index contributed by atoms with van der Waals surface area (Å²) >= 11 is 0. The number of nitrogens with zero attached hydrogens (tertiary/aromatic N) is 1. The van der Waals surface area contributed by atoms with Gasteiger partial charge in [0, 0.05) is 5.56 Å². The maximum atomic E-state index is 12.3. The molecule has 0 fully saturated rings. The van der Waals surface area contributed by atoms with E-state index in [0.717, 1.165) is 6.07 Å². The molecular weight excluding hydrogens is 194 g/mol. The molecule has 0 aliphatic rings. The number of nitriles is 1. The lowest BCUT2D eigenvalue weighted by atomic mass is 10.1. The molecule has 1 rings (SSSR count). The van der Waals surface area contributed by atoms with Gasteiger partial charge in [0.2, 0.25) is 0 Å². The molecule has 0 spiro atoms. The van der Waals surface area contributed by atoms with Crippen molar-refractivity contribution in [2.24, 2.45) is 0 Å². The van der Waals surface area contributed by atoms with E-state index in [0.29, 0.717) is 0 Å². The number of hydrogen-bond donors (Lipinski definition) is 2. The number of hydrogen-bond acceptors (Lipinski definition) is 3. The van der Waals surface area contributed by atoms with Crippen LogP contribution in [0.2, 0.25) is 0 Å². The van der Waals surface area contributed by atoms with Crippen molar-refractivity contribution < 1.29 is 13.9 Å². The van der Waals surface area contributed by atoms with Gasteiger partial charge in [0.05, 0.1) is 12.2 Å². The summed E-state index contributed by atoms with van der Waals surface area (Å²) in [4.78, 5) is 13.0. The van der Waals surface area contributed by atoms with Crippen LogP contribution in [0.4, 0.5) is 8.78 Å². The fourth-order valence-corrected chi connectivity index (χ4v) is 0.973. The Morgan fingerprint density at radius 3 is 2.71 bits per heavy atom. The summed E-state index contributed by atoms with van der Waals surface area (Å²) in [6.07, 6.45) is -2.85. The number of aliphatic hydroxyl groups is 1. The van der Waals surface area contributed by atoms with Crippen molar-refractivity contribution in [1.82, 2.24) is 4.98 Å². The molecule has 0 atom stereocenters. The molecular formula is C8H6F2N2O2. The van der Waals surface area contributed by atoms with Crippen molar-refractivity contribution in [1.29, 1.82) is 5.26 Å². The number of pyridine rings is 1. The lowest BCUT2D eigenvalue weighted by molar-refractivity contribution is 0.150. The molecule has 0 amide bonds. The van der Waals surface area contributed by atoms with Gasteiger partial charge in [-0.25, -0.2) is 8.78 Å². The first kappa shape index (κ1) is 10.3. The smallest absolute Gasteiger partial charge is 0.266 e. The van der Waals surface area contributed by atoms with Crippen molar-refractivity contribution in [2.75, 3.05) is 0 Å². The van der Waals surface area contributed by atoms with Gasteiger partial charge in [-0.15, -0.1) is 0 Å². The third kappa shape index (κ3) is 1.78. The van der Waals surface area contributed by atoms with Gasteiger partial charge in [-0.3, -0.25) is 4.79 Å². The van der Waals surface area contributed by atoms with Crippen molar-refractivity contribution in [3.63, 3.8) is 0 Å². The van der Waals surface area contributed by atoms with Crippen LogP contribution >= 0.6 is 0 Å². The van der Waals surface area contributed by atoms with Gasteiger partial charge in [-0.05, 0) is 6.07 Å². The zero-order valence-electron chi connectivity index (χ0n) is 6.92. The summed E-state index contributed by atoms with van der Waals surface area (Å²) in [6, 6.07) is 2.29. The number of aromatic amines is 1. The molecule has 0 aromatic carbocycles. The molecule has 0 saturated heterocycles. The van der Waals surface area contributed by atoms with Gasteiger partial charge >= 0.3 is 0 Å². The Balaban J connectivity index is 3.42. The van der Waals surface area contributed by atoms with E-state index in [-0.39, 0.29) is 5.56 Å². The predicted molar refractivity (Wildman–Crippen MR) is 42.7 cm³/mol. The topological polar surface area (TPSA) is 76.9 Å². The predicted octanol–water partition coefficient (Wildman–Crippen LogP) is 0.676. The van der Waals surface area contributed by atoms with E-state index in [1.54, 1.807) is 0 Å². The van der Waals surface area contributed by atoms with Crippen molar-refractivity contribution in [3.8, 4) is 6.07 Å². The number of rotatable bonds is 2. The van der Waals surface area contributed by atoms with E-state index >= 15 is 0 Å². The van der Waals surface area contributed by atoms with Crippen LogP contribution in [0.15, 0.2) is 10.9 Å². The number of alkyl halides is 2. The number of halogens is 2. The summed E-state index contributed by atoms with van der Waals surface area (Å²) in [5, 5.41) is 17.1. The molecule has 14 heavy (non-hydrogen) atoms. The Labute approximate surface area is 77.4 Å². The molecule has 74 valence electrons. The number of aromatic nitrogens is 1. The van der Waals surface area contributed by atoms with E-state index in [9.17, 15) is 13.6 Å². The Morgan fingerprint density at radius 1 is 1.64 bits per heavy atom. The second kappa shape index (κ2) is 3.98. The minimum atomic E-state index is -2.85. The summed E-state index contributed by atoms with van der Waals surface area (Å²) in [7, 11) is 0. The maximum absolute atomic E-state index is 12.3. The Morgan fingerprint density at radius 2 is 2.29 bits per heavy atom. The molecule has 0 radical (unpaired) electrons. The number of aliphatic hydroxyl groups excluding tert-OH is 1. The molecule has 0 aliphatic heterocycles. The minimum Gasteiger partial charge on any atom is -0.391 e. The van der Waals surface area contributed by atoms with Crippen molar-refractivity contribution in [2.45, 2.75) is 13.0 Å². The number of H-pyrrole nitrogens is 1. The second-order valence-corrected chi connectivity index (χ2v) is 2.52. The van der Waals surface area contributed by atoms with Gasteiger partial charge in [-0.2, -0.15) is 5.26 Å². The molecule has 1 aromatic rings. The average molecular weight is 200 g/mol. The summed E-state index contributed by atoms with van der Waals surface area (Å²) < 4.78 is 24.6. The minimum absolute atomic E-state index is 0.181. The van der Waals surface area contributed by atoms with Crippen LogP contribution in [0, 0.1) is 11.3 Å². The summed E-state index contributed by atoms with van der Waals surface area (Å²) in [5.74, 6) is 0. The van der Waals surface area contributed by atoms with E-state index < -0.39 is 29.8 Å². The highest BCUT2D eigenvalue weighted by Crippen LogP contribution is 2.20. The van der Waals surface area contributed by atoms with E-state index in [1.807, 2.05) is 4.98 Å². The largest absolute Gasteiger partial charge is 0.391 e. The SMILES string of the molecule is N#Cc1[nH]c(=O)c(CO)cc1C(F)F.